The summed E-state index contributed by atoms with van der Waals surface area (Å²) in [5.74, 6) is 0. The Hall–Kier alpha value is -0.380. The Morgan fingerprint density at radius 3 is 2.47 bits per heavy atom. The lowest BCUT2D eigenvalue weighted by Crippen LogP contribution is -2.60. The lowest BCUT2D eigenvalue weighted by Gasteiger charge is -2.54. The van der Waals surface area contributed by atoms with Gasteiger partial charge in [-0.05, 0) is 46.1 Å². The van der Waals surface area contributed by atoms with E-state index in [9.17, 15) is 0 Å². The van der Waals surface area contributed by atoms with Crippen LogP contribution >= 0.6 is 0 Å². The zero-order chi connectivity index (χ0) is 12.3. The second kappa shape index (κ2) is 5.51. The van der Waals surface area contributed by atoms with Crippen LogP contribution < -0.4 is 11.1 Å². The van der Waals surface area contributed by atoms with Crippen molar-refractivity contribution in [2.24, 2.45) is 11.1 Å². The van der Waals surface area contributed by atoms with Crippen LogP contribution in [0.25, 0.3) is 0 Å². The van der Waals surface area contributed by atoms with Gasteiger partial charge in [-0.25, -0.2) is 0 Å². The topological polar surface area (TPSA) is 47.3 Å². The molecule has 0 aromatic rings. The largest absolute Gasteiger partial charge is 0.380 e. The van der Waals surface area contributed by atoms with Gasteiger partial charge in [0.2, 0.25) is 0 Å². The molecular weight excluding hydrogens is 212 g/mol. The van der Waals surface area contributed by atoms with E-state index in [-0.39, 0.29) is 0 Å². The molecule has 3 heteroatoms. The number of nitrogens with two attached hydrogens (primary N) is 1. The third-order valence-electron chi connectivity index (χ3n) is 4.28. The molecule has 3 rings (SSSR count). The van der Waals surface area contributed by atoms with E-state index in [2.05, 4.69) is 24.1 Å². The minimum absolute atomic E-state index is 0.609. The van der Waals surface area contributed by atoms with Gasteiger partial charge < -0.3 is 15.8 Å². The molecule has 3 N–H and O–H groups in total. The number of nitrogens with one attached hydrogen (secondary N) is 1. The van der Waals surface area contributed by atoms with Crippen LogP contribution in [0.3, 0.4) is 0 Å². The predicted molar refractivity (Wildman–Crippen MR) is 70.9 cm³/mol. The van der Waals surface area contributed by atoms with Crippen LogP contribution in [0.2, 0.25) is 0 Å². The van der Waals surface area contributed by atoms with Crippen LogP contribution in [0.4, 0.5) is 0 Å². The average Bonchev–Trinajstić information content (AvgIpc) is 2.26. The van der Waals surface area contributed by atoms with Crippen molar-refractivity contribution in [1.82, 2.24) is 5.32 Å². The Morgan fingerprint density at radius 2 is 2.00 bits per heavy atom. The predicted octanol–water partition coefficient (Wildman–Crippen LogP) is 1.83. The monoisotopic (exact) mass is 238 g/mol. The van der Waals surface area contributed by atoms with E-state index in [4.69, 9.17) is 4.74 Å². The summed E-state index contributed by atoms with van der Waals surface area (Å²) < 4.78 is 5.30. The van der Waals surface area contributed by atoms with Crippen LogP contribution in [0.1, 0.15) is 39.0 Å². The first kappa shape index (κ1) is 13.1. The highest BCUT2D eigenvalue weighted by atomic mass is 16.5. The van der Waals surface area contributed by atoms with Crippen LogP contribution in [-0.4, -0.2) is 32.3 Å². The van der Waals surface area contributed by atoms with Gasteiger partial charge in [0.25, 0.3) is 0 Å². The lowest BCUT2D eigenvalue weighted by atomic mass is 9.64. The second-order valence-corrected chi connectivity index (χ2v) is 5.79. The van der Waals surface area contributed by atoms with Crippen molar-refractivity contribution in [3.05, 3.63) is 11.6 Å². The molecule has 0 aromatic carbocycles. The van der Waals surface area contributed by atoms with Gasteiger partial charge in [0.15, 0.2) is 0 Å². The molecule has 1 atom stereocenters. The highest BCUT2D eigenvalue weighted by molar-refractivity contribution is 5.07. The molecule has 0 amide bonds. The standard InChI is InChI=1S/C13H21NO.CH5N/c1-10-2-4-11(5-3-10)14-12-6-13(7-12)8-15-9-13;1-2/h2,11-12,14H,3-9H2,1H3;2H2,1H3. The minimum Gasteiger partial charge on any atom is -0.380 e. The molecule has 1 saturated heterocycles. The number of allylic oxidation sites excluding steroid dienone is 1. The summed E-state index contributed by atoms with van der Waals surface area (Å²) in [6, 6.07) is 1.53. The highest BCUT2D eigenvalue weighted by Gasteiger charge is 2.49. The molecule has 17 heavy (non-hydrogen) atoms. The molecule has 2 fully saturated rings. The Balaban J connectivity index is 0.000000514. The summed E-state index contributed by atoms with van der Waals surface area (Å²) in [7, 11) is 1.50. The van der Waals surface area contributed by atoms with Crippen molar-refractivity contribution in [3.8, 4) is 0 Å². The molecule has 98 valence electrons. The Kier molecular flexibility index (Phi) is 4.23. The van der Waals surface area contributed by atoms with Crippen molar-refractivity contribution in [3.63, 3.8) is 0 Å². The summed E-state index contributed by atoms with van der Waals surface area (Å²) in [4.78, 5) is 0. The fourth-order valence-electron chi connectivity index (χ4n) is 3.18. The number of hydrogen-bond donors (Lipinski definition) is 2. The Morgan fingerprint density at radius 1 is 1.29 bits per heavy atom. The van der Waals surface area contributed by atoms with Gasteiger partial charge in [0, 0.05) is 17.5 Å². The number of hydrogen-bond acceptors (Lipinski definition) is 3. The SMILES string of the molecule is CC1=CCC(NC2CC3(COC3)C2)CC1.CN. The summed E-state index contributed by atoms with van der Waals surface area (Å²) in [6.45, 7) is 4.30. The number of ether oxygens (including phenoxy) is 1. The summed E-state index contributed by atoms with van der Waals surface area (Å²) in [5.41, 5.74) is 6.68. The summed E-state index contributed by atoms with van der Waals surface area (Å²) in [6.07, 6.45) is 8.98. The maximum atomic E-state index is 5.30. The normalized spacial score (nSPS) is 30.8. The zero-order valence-electron chi connectivity index (χ0n) is 11.2. The fraction of sp³-hybridized carbons (Fsp3) is 0.857. The molecule has 0 radical (unpaired) electrons. The van der Waals surface area contributed by atoms with Crippen molar-refractivity contribution < 1.29 is 4.74 Å². The summed E-state index contributed by atoms with van der Waals surface area (Å²) in [5, 5.41) is 3.80. The van der Waals surface area contributed by atoms with Gasteiger partial charge in [-0.3, -0.25) is 0 Å². The van der Waals surface area contributed by atoms with Crippen LogP contribution in [0.5, 0.6) is 0 Å². The van der Waals surface area contributed by atoms with Crippen LogP contribution in [-0.2, 0) is 4.74 Å². The Labute approximate surface area is 105 Å². The molecule has 3 nitrogen and oxygen atoms in total. The average molecular weight is 238 g/mol. The number of rotatable bonds is 2. The first-order valence-electron chi connectivity index (χ1n) is 6.83. The molecule has 0 aromatic heterocycles. The lowest BCUT2D eigenvalue weighted by molar-refractivity contribution is -0.168. The van der Waals surface area contributed by atoms with E-state index in [0.717, 1.165) is 25.3 Å². The maximum Gasteiger partial charge on any atom is 0.0545 e. The van der Waals surface area contributed by atoms with E-state index < -0.39 is 0 Å². The minimum atomic E-state index is 0.609. The second-order valence-electron chi connectivity index (χ2n) is 5.79. The van der Waals surface area contributed by atoms with E-state index in [1.54, 1.807) is 5.57 Å². The van der Waals surface area contributed by atoms with Crippen molar-refractivity contribution in [1.29, 1.82) is 0 Å². The van der Waals surface area contributed by atoms with Gasteiger partial charge in [0.05, 0.1) is 13.2 Å². The first-order valence-corrected chi connectivity index (χ1v) is 6.83. The molecular formula is C14H26N2O. The van der Waals surface area contributed by atoms with E-state index >= 15 is 0 Å². The third-order valence-corrected chi connectivity index (χ3v) is 4.28. The summed E-state index contributed by atoms with van der Waals surface area (Å²) >= 11 is 0. The van der Waals surface area contributed by atoms with Crippen molar-refractivity contribution in [2.75, 3.05) is 20.3 Å². The van der Waals surface area contributed by atoms with Gasteiger partial charge in [0.1, 0.15) is 0 Å². The molecule has 1 saturated carbocycles. The zero-order valence-corrected chi connectivity index (χ0v) is 11.2. The van der Waals surface area contributed by atoms with Gasteiger partial charge in [-0.1, -0.05) is 11.6 Å². The van der Waals surface area contributed by atoms with Gasteiger partial charge in [-0.15, -0.1) is 0 Å². The van der Waals surface area contributed by atoms with Crippen molar-refractivity contribution in [2.45, 2.75) is 51.1 Å². The molecule has 0 bridgehead atoms. The van der Waals surface area contributed by atoms with Crippen LogP contribution in [0.15, 0.2) is 11.6 Å². The van der Waals surface area contributed by atoms with Gasteiger partial charge >= 0.3 is 0 Å². The third kappa shape index (κ3) is 2.90. The molecule has 1 aliphatic heterocycles. The molecule has 3 aliphatic rings. The maximum absolute atomic E-state index is 5.30. The van der Waals surface area contributed by atoms with E-state index in [1.807, 2.05) is 0 Å². The molecule has 1 heterocycles. The first-order chi connectivity index (χ1) is 8.26. The smallest absolute Gasteiger partial charge is 0.0545 e. The quantitative estimate of drug-likeness (QED) is 0.722. The van der Waals surface area contributed by atoms with Crippen LogP contribution in [0, 0.1) is 5.41 Å². The van der Waals surface area contributed by atoms with Gasteiger partial charge in [-0.2, -0.15) is 0 Å². The fourth-order valence-corrected chi connectivity index (χ4v) is 3.18. The molecule has 1 spiro atoms. The molecule has 1 unspecified atom stereocenters. The highest BCUT2D eigenvalue weighted by Crippen LogP contribution is 2.47. The van der Waals surface area contributed by atoms with E-state index in [1.165, 1.54) is 39.2 Å². The Bertz CT molecular complexity index is 276. The van der Waals surface area contributed by atoms with Crippen molar-refractivity contribution >= 4 is 0 Å². The van der Waals surface area contributed by atoms with E-state index in [0.29, 0.717) is 5.41 Å². The molecule has 2 aliphatic carbocycles.